The van der Waals surface area contributed by atoms with Gasteiger partial charge in [0.15, 0.2) is 17.3 Å². The van der Waals surface area contributed by atoms with Crippen molar-refractivity contribution < 1.29 is 13.6 Å². The van der Waals surface area contributed by atoms with Crippen LogP contribution in [-0.2, 0) is 19.3 Å². The number of fused-ring (bicyclic) bond motifs is 1. The minimum atomic E-state index is -0.935. The summed E-state index contributed by atoms with van der Waals surface area (Å²) in [7, 11) is 0. The molecule has 6 nitrogen and oxygen atoms in total. The van der Waals surface area contributed by atoms with Crippen LogP contribution in [0.5, 0.6) is 0 Å². The number of carbonyl (C=O) groups excluding carboxylic acids is 1. The van der Waals surface area contributed by atoms with Gasteiger partial charge in [-0.3, -0.25) is 9.78 Å². The molecule has 0 radical (unpaired) electrons. The average Bonchev–Trinajstić information content (AvgIpc) is 3.56. The highest BCUT2D eigenvalue weighted by molar-refractivity contribution is 7.09. The van der Waals surface area contributed by atoms with Crippen LogP contribution in [0.15, 0.2) is 48.1 Å². The lowest BCUT2D eigenvalue weighted by Crippen LogP contribution is -2.26. The first-order valence-corrected chi connectivity index (χ1v) is 11.7. The summed E-state index contributed by atoms with van der Waals surface area (Å²) in [5.74, 6) is -2.09. The first-order valence-electron chi connectivity index (χ1n) is 10.8. The Kier molecular flexibility index (Phi) is 5.95. The van der Waals surface area contributed by atoms with Gasteiger partial charge in [-0.1, -0.05) is 0 Å². The second-order valence-corrected chi connectivity index (χ2v) is 8.80. The Morgan fingerprint density at radius 3 is 2.79 bits per heavy atom. The molecule has 0 saturated heterocycles. The van der Waals surface area contributed by atoms with Crippen molar-refractivity contribution in [2.45, 2.75) is 32.1 Å². The highest BCUT2D eigenvalue weighted by Gasteiger charge is 2.27. The van der Waals surface area contributed by atoms with E-state index in [0.29, 0.717) is 17.9 Å². The Labute approximate surface area is 193 Å². The van der Waals surface area contributed by atoms with E-state index in [4.69, 9.17) is 0 Å². The van der Waals surface area contributed by atoms with Gasteiger partial charge in [0.1, 0.15) is 0 Å². The molecule has 1 aromatic carbocycles. The third kappa shape index (κ3) is 4.41. The predicted octanol–water partition coefficient (Wildman–Crippen LogP) is 4.52. The number of hydrogen-bond donors (Lipinski definition) is 1. The zero-order chi connectivity index (χ0) is 22.8. The lowest BCUT2D eigenvalue weighted by atomic mass is 10.2. The number of amides is 1. The number of nitrogens with zero attached hydrogens (tertiary/aromatic N) is 4. The summed E-state index contributed by atoms with van der Waals surface area (Å²) in [4.78, 5) is 21.5. The maximum absolute atomic E-state index is 13.7. The summed E-state index contributed by atoms with van der Waals surface area (Å²) in [6.45, 7) is 0.496. The highest BCUT2D eigenvalue weighted by Crippen LogP contribution is 2.28. The lowest BCUT2D eigenvalue weighted by molar-refractivity contribution is 0.0947. The molecule has 1 N–H and O–H groups in total. The molecular formula is C24H21F2N5OS. The van der Waals surface area contributed by atoms with Crippen LogP contribution in [0, 0.1) is 11.6 Å². The Morgan fingerprint density at radius 2 is 1.97 bits per heavy atom. The third-order valence-corrected chi connectivity index (χ3v) is 6.58. The molecule has 9 heteroatoms. The number of carbonyl (C=O) groups is 1. The van der Waals surface area contributed by atoms with Crippen LogP contribution in [0.1, 0.15) is 39.6 Å². The van der Waals surface area contributed by atoms with Crippen LogP contribution in [-0.4, -0.2) is 32.2 Å². The smallest absolute Gasteiger partial charge is 0.272 e. The largest absolute Gasteiger partial charge is 0.351 e. The number of halogens is 2. The van der Waals surface area contributed by atoms with Gasteiger partial charge in [0, 0.05) is 53.6 Å². The summed E-state index contributed by atoms with van der Waals surface area (Å²) >= 11 is 1.60. The van der Waals surface area contributed by atoms with E-state index in [9.17, 15) is 13.6 Å². The number of nitrogens with one attached hydrogen (secondary N) is 1. The highest BCUT2D eigenvalue weighted by atomic mass is 32.1. The summed E-state index contributed by atoms with van der Waals surface area (Å²) in [6, 6.07) is 7.51. The second kappa shape index (κ2) is 9.19. The maximum Gasteiger partial charge on any atom is 0.272 e. The molecule has 1 aliphatic carbocycles. The summed E-state index contributed by atoms with van der Waals surface area (Å²) in [6.07, 6.45) is 7.40. The molecule has 0 fully saturated rings. The SMILES string of the molecule is O=C(NCCCc1nc(-c2ccncc2)cs1)c1nn(-c2ccc(F)c(F)c2)c2c1CCC2. The molecule has 1 aliphatic rings. The lowest BCUT2D eigenvalue weighted by Gasteiger charge is -2.06. The van der Waals surface area contributed by atoms with E-state index in [2.05, 4.69) is 20.4 Å². The van der Waals surface area contributed by atoms with E-state index in [-0.39, 0.29) is 5.91 Å². The Bertz CT molecular complexity index is 1300. The van der Waals surface area contributed by atoms with Crippen LogP contribution in [0.4, 0.5) is 8.78 Å². The number of aryl methyl sites for hydroxylation is 1. The maximum atomic E-state index is 13.7. The fourth-order valence-corrected chi connectivity index (χ4v) is 4.91. The van der Waals surface area contributed by atoms with Crippen molar-refractivity contribution >= 4 is 17.2 Å². The molecule has 1 amide bonds. The van der Waals surface area contributed by atoms with Gasteiger partial charge < -0.3 is 5.32 Å². The predicted molar refractivity (Wildman–Crippen MR) is 122 cm³/mol. The topological polar surface area (TPSA) is 72.7 Å². The first kappa shape index (κ1) is 21.4. The van der Waals surface area contributed by atoms with E-state index in [0.717, 1.165) is 71.8 Å². The van der Waals surface area contributed by atoms with Crippen LogP contribution in [0.2, 0.25) is 0 Å². The number of thiazole rings is 1. The molecule has 33 heavy (non-hydrogen) atoms. The molecule has 168 valence electrons. The molecule has 3 aromatic heterocycles. The molecule has 0 unspecified atom stereocenters. The molecule has 4 aromatic rings. The van der Waals surface area contributed by atoms with Crippen molar-refractivity contribution in [3.63, 3.8) is 0 Å². The molecule has 0 aliphatic heterocycles. The fraction of sp³-hybridized carbons (Fsp3) is 0.250. The van der Waals surface area contributed by atoms with Crippen molar-refractivity contribution in [3.05, 3.63) is 81.7 Å². The van der Waals surface area contributed by atoms with E-state index >= 15 is 0 Å². The van der Waals surface area contributed by atoms with Gasteiger partial charge in [0.05, 0.1) is 16.4 Å². The number of hydrogen-bond acceptors (Lipinski definition) is 5. The Balaban J connectivity index is 1.22. The quantitative estimate of drug-likeness (QED) is 0.408. The van der Waals surface area contributed by atoms with Crippen molar-refractivity contribution in [1.82, 2.24) is 25.1 Å². The molecular weight excluding hydrogens is 444 g/mol. The number of aromatic nitrogens is 4. The normalized spacial score (nSPS) is 12.7. The van der Waals surface area contributed by atoms with E-state index in [1.165, 1.54) is 6.07 Å². The van der Waals surface area contributed by atoms with Crippen molar-refractivity contribution in [2.75, 3.05) is 6.54 Å². The zero-order valence-electron chi connectivity index (χ0n) is 17.7. The Hall–Kier alpha value is -3.46. The minimum absolute atomic E-state index is 0.244. The molecule has 0 bridgehead atoms. The van der Waals surface area contributed by atoms with E-state index in [1.54, 1.807) is 28.4 Å². The van der Waals surface area contributed by atoms with Crippen LogP contribution in [0.3, 0.4) is 0 Å². The van der Waals surface area contributed by atoms with Crippen molar-refractivity contribution in [2.24, 2.45) is 0 Å². The number of benzene rings is 1. The van der Waals surface area contributed by atoms with E-state index < -0.39 is 11.6 Å². The van der Waals surface area contributed by atoms with Gasteiger partial charge in [0.2, 0.25) is 0 Å². The van der Waals surface area contributed by atoms with Gasteiger partial charge in [-0.25, -0.2) is 18.4 Å². The van der Waals surface area contributed by atoms with Gasteiger partial charge in [0.25, 0.3) is 5.91 Å². The summed E-state index contributed by atoms with van der Waals surface area (Å²) in [5.41, 5.74) is 4.52. The van der Waals surface area contributed by atoms with E-state index in [1.807, 2.05) is 17.5 Å². The molecule has 0 atom stereocenters. The van der Waals surface area contributed by atoms with Gasteiger partial charge >= 0.3 is 0 Å². The molecule has 0 saturated carbocycles. The molecule has 0 spiro atoms. The van der Waals surface area contributed by atoms with Crippen LogP contribution in [0.25, 0.3) is 16.9 Å². The summed E-state index contributed by atoms with van der Waals surface area (Å²) in [5, 5.41) is 10.4. The first-order chi connectivity index (χ1) is 16.1. The van der Waals surface area contributed by atoms with Gasteiger partial charge in [-0.15, -0.1) is 11.3 Å². The molecule has 3 heterocycles. The minimum Gasteiger partial charge on any atom is -0.351 e. The molecule has 5 rings (SSSR count). The van der Waals surface area contributed by atoms with Crippen LogP contribution >= 0.6 is 11.3 Å². The fourth-order valence-electron chi connectivity index (χ4n) is 4.06. The zero-order valence-corrected chi connectivity index (χ0v) is 18.5. The number of pyridine rings is 1. The van der Waals surface area contributed by atoms with Crippen molar-refractivity contribution in [1.29, 1.82) is 0 Å². The van der Waals surface area contributed by atoms with Crippen molar-refractivity contribution in [3.8, 4) is 16.9 Å². The average molecular weight is 466 g/mol. The van der Waals surface area contributed by atoms with Gasteiger partial charge in [-0.05, 0) is 49.9 Å². The van der Waals surface area contributed by atoms with Crippen LogP contribution < -0.4 is 5.32 Å². The monoisotopic (exact) mass is 465 g/mol. The second-order valence-electron chi connectivity index (χ2n) is 7.86. The summed E-state index contributed by atoms with van der Waals surface area (Å²) < 4.78 is 28.6. The third-order valence-electron chi connectivity index (χ3n) is 5.67. The standard InChI is InChI=1S/C24H21F2N5OS/c25-18-7-6-16(13-19(18)26)31-21-4-1-3-17(21)23(30-31)24(32)28-10-2-5-22-29-20(14-33-22)15-8-11-27-12-9-15/h6-9,11-14H,1-5,10H2,(H,28,32). The Morgan fingerprint density at radius 1 is 1.12 bits per heavy atom. The van der Waals surface area contributed by atoms with Gasteiger partial charge in [-0.2, -0.15) is 5.10 Å². The number of rotatable bonds is 7.